The summed E-state index contributed by atoms with van der Waals surface area (Å²) in [6.45, 7) is 3.60. The number of carboxylic acids is 1. The molecule has 5 nitrogen and oxygen atoms in total. The van der Waals surface area contributed by atoms with Gasteiger partial charge in [0.05, 0.1) is 6.61 Å². The first-order valence-corrected chi connectivity index (χ1v) is 6.05. The van der Waals surface area contributed by atoms with E-state index in [1.807, 2.05) is 4.90 Å². The van der Waals surface area contributed by atoms with Gasteiger partial charge in [-0.25, -0.2) is 0 Å². The van der Waals surface area contributed by atoms with Crippen LogP contribution in [0.3, 0.4) is 0 Å². The van der Waals surface area contributed by atoms with Crippen molar-refractivity contribution in [3.63, 3.8) is 0 Å². The average molecular weight is 244 g/mol. The van der Waals surface area contributed by atoms with E-state index in [9.17, 15) is 9.90 Å². The third kappa shape index (κ3) is 3.18. The molecule has 1 heterocycles. The molecule has 0 aromatic heterocycles. The standard InChI is InChI=1S/C12H24N2O3/c1-12(9-17-4,11(15)16)14-7-5-10(6-8-14)13(2)3/h10H,5-9H2,1-4H3,(H,15,16). The highest BCUT2D eigenvalue weighted by Gasteiger charge is 2.41. The van der Waals surface area contributed by atoms with Gasteiger partial charge in [0.25, 0.3) is 0 Å². The highest BCUT2D eigenvalue weighted by atomic mass is 16.5. The quantitative estimate of drug-likeness (QED) is 0.763. The molecule has 1 saturated heterocycles. The summed E-state index contributed by atoms with van der Waals surface area (Å²) in [7, 11) is 5.70. The number of nitrogens with zero attached hydrogens (tertiary/aromatic N) is 2. The van der Waals surface area contributed by atoms with E-state index in [4.69, 9.17) is 4.74 Å². The fourth-order valence-corrected chi connectivity index (χ4v) is 2.45. The van der Waals surface area contributed by atoms with Crippen molar-refractivity contribution in [1.29, 1.82) is 0 Å². The van der Waals surface area contributed by atoms with E-state index >= 15 is 0 Å². The van der Waals surface area contributed by atoms with Crippen LogP contribution in [0.1, 0.15) is 19.8 Å². The molecule has 0 radical (unpaired) electrons. The molecule has 17 heavy (non-hydrogen) atoms. The van der Waals surface area contributed by atoms with Crippen molar-refractivity contribution in [2.24, 2.45) is 0 Å². The van der Waals surface area contributed by atoms with Crippen LogP contribution in [0.25, 0.3) is 0 Å². The van der Waals surface area contributed by atoms with Crippen LogP contribution in [0.5, 0.6) is 0 Å². The molecule has 1 atom stereocenters. The zero-order valence-electron chi connectivity index (χ0n) is 11.3. The second-order valence-corrected chi connectivity index (χ2v) is 5.19. The molecule has 0 saturated carbocycles. The zero-order valence-corrected chi connectivity index (χ0v) is 11.3. The lowest BCUT2D eigenvalue weighted by atomic mass is 9.95. The third-order valence-corrected chi connectivity index (χ3v) is 3.78. The smallest absolute Gasteiger partial charge is 0.326 e. The Morgan fingerprint density at radius 3 is 2.35 bits per heavy atom. The fourth-order valence-electron chi connectivity index (χ4n) is 2.45. The van der Waals surface area contributed by atoms with E-state index in [0.717, 1.165) is 25.9 Å². The minimum absolute atomic E-state index is 0.231. The average Bonchev–Trinajstić information content (AvgIpc) is 2.29. The number of methoxy groups -OCH3 is 1. The van der Waals surface area contributed by atoms with Crippen molar-refractivity contribution in [3.05, 3.63) is 0 Å². The summed E-state index contributed by atoms with van der Waals surface area (Å²) in [6, 6.07) is 0.562. The monoisotopic (exact) mass is 244 g/mol. The number of likely N-dealkylation sites (tertiary alicyclic amines) is 1. The molecule has 0 aromatic carbocycles. The van der Waals surface area contributed by atoms with Crippen LogP contribution in [0.4, 0.5) is 0 Å². The second kappa shape index (κ2) is 5.80. The van der Waals surface area contributed by atoms with Gasteiger partial charge in [-0.1, -0.05) is 0 Å². The molecule has 1 N–H and O–H groups in total. The van der Waals surface area contributed by atoms with Crippen molar-refractivity contribution in [1.82, 2.24) is 9.80 Å². The van der Waals surface area contributed by atoms with Crippen LogP contribution in [0.15, 0.2) is 0 Å². The summed E-state index contributed by atoms with van der Waals surface area (Å²) < 4.78 is 5.06. The first-order valence-electron chi connectivity index (χ1n) is 6.05. The van der Waals surface area contributed by atoms with E-state index in [-0.39, 0.29) is 6.61 Å². The van der Waals surface area contributed by atoms with Gasteiger partial charge in [0.2, 0.25) is 0 Å². The van der Waals surface area contributed by atoms with Gasteiger partial charge in [-0.3, -0.25) is 9.69 Å². The molecule has 0 aromatic rings. The molecule has 0 amide bonds. The zero-order chi connectivity index (χ0) is 13.1. The minimum atomic E-state index is -0.897. The summed E-state index contributed by atoms with van der Waals surface area (Å²) in [5.74, 6) is -0.803. The summed E-state index contributed by atoms with van der Waals surface area (Å²) in [5.41, 5.74) is -0.897. The summed E-state index contributed by atoms with van der Waals surface area (Å²) in [4.78, 5) is 15.6. The Hall–Kier alpha value is -0.650. The van der Waals surface area contributed by atoms with Crippen LogP contribution in [-0.4, -0.2) is 73.4 Å². The third-order valence-electron chi connectivity index (χ3n) is 3.78. The van der Waals surface area contributed by atoms with Gasteiger partial charge in [0, 0.05) is 26.2 Å². The second-order valence-electron chi connectivity index (χ2n) is 5.19. The van der Waals surface area contributed by atoms with Gasteiger partial charge >= 0.3 is 5.97 Å². The van der Waals surface area contributed by atoms with Crippen molar-refractivity contribution in [2.75, 3.05) is 40.9 Å². The molecule has 5 heteroatoms. The van der Waals surface area contributed by atoms with Crippen molar-refractivity contribution >= 4 is 5.97 Å². The molecular weight excluding hydrogens is 220 g/mol. The van der Waals surface area contributed by atoms with Crippen LogP contribution in [-0.2, 0) is 9.53 Å². The van der Waals surface area contributed by atoms with E-state index in [1.54, 1.807) is 14.0 Å². The SMILES string of the molecule is COCC(C)(C(=O)O)N1CCC(N(C)C)CC1. The normalized spacial score (nSPS) is 22.6. The van der Waals surface area contributed by atoms with Crippen LogP contribution in [0.2, 0.25) is 0 Å². The number of carbonyl (C=O) groups is 1. The van der Waals surface area contributed by atoms with Gasteiger partial charge in [0.1, 0.15) is 5.54 Å². The Morgan fingerprint density at radius 2 is 2.00 bits per heavy atom. The predicted octanol–water partition coefficient (Wildman–Crippen LogP) is 0.502. The molecule has 100 valence electrons. The molecule has 1 fully saturated rings. The number of aliphatic carboxylic acids is 1. The lowest BCUT2D eigenvalue weighted by Crippen LogP contribution is -2.59. The minimum Gasteiger partial charge on any atom is -0.480 e. The Labute approximate surface area is 103 Å². The Bertz CT molecular complexity index is 262. The topological polar surface area (TPSA) is 53.0 Å². The van der Waals surface area contributed by atoms with E-state index < -0.39 is 11.5 Å². The summed E-state index contributed by atoms with van der Waals surface area (Å²) in [6.07, 6.45) is 2.03. The van der Waals surface area contributed by atoms with Crippen LogP contribution >= 0.6 is 0 Å². The van der Waals surface area contributed by atoms with Gasteiger partial charge in [-0.2, -0.15) is 0 Å². The van der Waals surface area contributed by atoms with Crippen molar-refractivity contribution in [2.45, 2.75) is 31.3 Å². The largest absolute Gasteiger partial charge is 0.480 e. The maximum absolute atomic E-state index is 11.4. The lowest BCUT2D eigenvalue weighted by Gasteiger charge is -2.43. The Kier molecular flexibility index (Phi) is 4.91. The molecule has 0 spiro atoms. The highest BCUT2D eigenvalue weighted by Crippen LogP contribution is 2.23. The van der Waals surface area contributed by atoms with Gasteiger partial charge in [-0.05, 0) is 33.9 Å². The van der Waals surface area contributed by atoms with Crippen molar-refractivity contribution in [3.8, 4) is 0 Å². The highest BCUT2D eigenvalue weighted by molar-refractivity contribution is 5.78. The lowest BCUT2D eigenvalue weighted by molar-refractivity contribution is -0.155. The number of rotatable bonds is 5. The van der Waals surface area contributed by atoms with Crippen LogP contribution < -0.4 is 0 Å². The molecule has 1 unspecified atom stereocenters. The van der Waals surface area contributed by atoms with E-state index in [0.29, 0.717) is 6.04 Å². The molecule has 0 aliphatic carbocycles. The fraction of sp³-hybridized carbons (Fsp3) is 0.917. The maximum Gasteiger partial charge on any atom is 0.326 e. The van der Waals surface area contributed by atoms with Crippen LogP contribution in [0, 0.1) is 0 Å². The summed E-state index contributed by atoms with van der Waals surface area (Å²) >= 11 is 0. The van der Waals surface area contributed by atoms with Crippen molar-refractivity contribution < 1.29 is 14.6 Å². The first-order chi connectivity index (χ1) is 7.91. The number of hydrogen-bond acceptors (Lipinski definition) is 4. The van der Waals surface area contributed by atoms with E-state index in [2.05, 4.69) is 19.0 Å². The molecule has 1 aliphatic heterocycles. The molecule has 0 bridgehead atoms. The number of hydrogen-bond donors (Lipinski definition) is 1. The Balaban J connectivity index is 2.64. The number of carboxylic acid groups (broad SMARTS) is 1. The van der Waals surface area contributed by atoms with E-state index in [1.165, 1.54) is 0 Å². The molecular formula is C12H24N2O3. The van der Waals surface area contributed by atoms with Gasteiger partial charge in [0.15, 0.2) is 0 Å². The summed E-state index contributed by atoms with van der Waals surface area (Å²) in [5, 5.41) is 9.36. The van der Waals surface area contributed by atoms with Gasteiger partial charge in [-0.15, -0.1) is 0 Å². The number of piperidine rings is 1. The predicted molar refractivity (Wildman–Crippen MR) is 66.2 cm³/mol. The molecule has 1 aliphatic rings. The first kappa shape index (κ1) is 14.4. The van der Waals surface area contributed by atoms with Gasteiger partial charge < -0.3 is 14.7 Å². The molecule has 1 rings (SSSR count). The Morgan fingerprint density at radius 1 is 1.47 bits per heavy atom. The number of ether oxygens (including phenoxy) is 1. The maximum atomic E-state index is 11.4.